The Labute approximate surface area is 198 Å². The second-order valence-corrected chi connectivity index (χ2v) is 8.25. The number of carbonyl (C=O) groups excluding carboxylic acids is 2. The lowest BCUT2D eigenvalue weighted by molar-refractivity contribution is 0.251. The Morgan fingerprint density at radius 2 is 1.36 bits per heavy atom. The fraction of sp³-hybridized carbons (Fsp3) is 0.130. The quantitative estimate of drug-likeness (QED) is 0.417. The van der Waals surface area contributed by atoms with Gasteiger partial charge in [-0.3, -0.25) is 9.80 Å². The van der Waals surface area contributed by atoms with Crippen LogP contribution in [0.1, 0.15) is 6.92 Å². The monoisotopic (exact) mass is 490 g/mol. The van der Waals surface area contributed by atoms with Crippen molar-refractivity contribution in [1.29, 1.82) is 0 Å². The van der Waals surface area contributed by atoms with E-state index in [-0.39, 0.29) is 16.6 Å². The molecule has 1 aliphatic rings. The van der Waals surface area contributed by atoms with Gasteiger partial charge in [0.1, 0.15) is 11.6 Å². The van der Waals surface area contributed by atoms with Crippen LogP contribution in [0.4, 0.5) is 41.1 Å². The van der Waals surface area contributed by atoms with Gasteiger partial charge in [0, 0.05) is 17.9 Å². The topological polar surface area (TPSA) is 64.7 Å². The van der Waals surface area contributed by atoms with Crippen molar-refractivity contribution in [2.45, 2.75) is 13.0 Å². The van der Waals surface area contributed by atoms with E-state index in [0.717, 1.165) is 0 Å². The lowest BCUT2D eigenvalue weighted by atomic mass is 10.1. The van der Waals surface area contributed by atoms with Gasteiger partial charge >= 0.3 is 12.1 Å². The molecular weight excluding hydrogens is 473 g/mol. The zero-order chi connectivity index (χ0) is 23.7. The molecule has 1 heterocycles. The molecule has 4 rings (SSSR count). The van der Waals surface area contributed by atoms with Crippen molar-refractivity contribution >= 4 is 58.0 Å². The summed E-state index contributed by atoms with van der Waals surface area (Å²) in [6, 6.07) is 13.4. The molecule has 10 heteroatoms. The minimum atomic E-state index is -0.588. The number of fused-ring (bicyclic) bond motifs is 1. The third-order valence-corrected chi connectivity index (χ3v) is 5.70. The van der Waals surface area contributed by atoms with Crippen molar-refractivity contribution in [2.75, 3.05) is 27.0 Å². The molecule has 33 heavy (non-hydrogen) atoms. The van der Waals surface area contributed by atoms with Crippen LogP contribution in [0.3, 0.4) is 0 Å². The molecule has 0 aromatic heterocycles. The van der Waals surface area contributed by atoms with E-state index < -0.39 is 29.7 Å². The fourth-order valence-corrected chi connectivity index (χ4v) is 3.96. The Kier molecular flexibility index (Phi) is 6.40. The summed E-state index contributed by atoms with van der Waals surface area (Å²) in [5, 5.41) is 5.20. The lowest BCUT2D eigenvalue weighted by Gasteiger charge is -2.40. The van der Waals surface area contributed by atoms with Crippen LogP contribution in [0.15, 0.2) is 60.7 Å². The second-order valence-electron chi connectivity index (χ2n) is 7.44. The fourth-order valence-electron chi connectivity index (χ4n) is 3.60. The van der Waals surface area contributed by atoms with Gasteiger partial charge in [-0.25, -0.2) is 18.4 Å². The van der Waals surface area contributed by atoms with E-state index in [1.165, 1.54) is 46.2 Å². The molecule has 0 fully saturated rings. The van der Waals surface area contributed by atoms with Gasteiger partial charge in [0.25, 0.3) is 0 Å². The summed E-state index contributed by atoms with van der Waals surface area (Å²) in [5.74, 6) is -1.17. The maximum atomic E-state index is 13.4. The summed E-state index contributed by atoms with van der Waals surface area (Å²) in [4.78, 5) is 29.1. The van der Waals surface area contributed by atoms with E-state index in [1.807, 2.05) is 0 Å². The van der Waals surface area contributed by atoms with Crippen LogP contribution in [0, 0.1) is 11.6 Å². The van der Waals surface area contributed by atoms with E-state index in [4.69, 9.17) is 23.2 Å². The molecule has 3 aromatic carbocycles. The molecule has 0 saturated heterocycles. The maximum absolute atomic E-state index is 13.4. The van der Waals surface area contributed by atoms with Gasteiger partial charge in [0.15, 0.2) is 0 Å². The summed E-state index contributed by atoms with van der Waals surface area (Å²) in [6.45, 7) is 1.98. The van der Waals surface area contributed by atoms with Crippen LogP contribution in [-0.4, -0.2) is 24.6 Å². The van der Waals surface area contributed by atoms with Crippen molar-refractivity contribution in [3.8, 4) is 0 Å². The average molecular weight is 491 g/mol. The molecule has 1 unspecified atom stereocenters. The predicted molar refractivity (Wildman–Crippen MR) is 127 cm³/mol. The number of nitrogens with one attached hydrogen (secondary N) is 2. The van der Waals surface area contributed by atoms with Gasteiger partial charge in [0.2, 0.25) is 0 Å². The zero-order valence-corrected chi connectivity index (χ0v) is 18.8. The number of benzene rings is 3. The van der Waals surface area contributed by atoms with Crippen molar-refractivity contribution < 1.29 is 18.4 Å². The van der Waals surface area contributed by atoms with Crippen LogP contribution < -0.4 is 20.4 Å². The molecule has 2 N–H and O–H groups in total. The smallest absolute Gasteiger partial charge is 0.307 e. The second kappa shape index (κ2) is 9.25. The molecule has 3 aromatic rings. The highest BCUT2D eigenvalue weighted by atomic mass is 35.5. The highest BCUT2D eigenvalue weighted by Gasteiger charge is 2.35. The Morgan fingerprint density at radius 3 is 1.91 bits per heavy atom. The van der Waals surface area contributed by atoms with Crippen molar-refractivity contribution in [1.82, 2.24) is 0 Å². The van der Waals surface area contributed by atoms with Gasteiger partial charge < -0.3 is 10.6 Å². The van der Waals surface area contributed by atoms with E-state index in [9.17, 15) is 18.4 Å². The molecule has 0 bridgehead atoms. The summed E-state index contributed by atoms with van der Waals surface area (Å²) < 4.78 is 26.9. The molecule has 1 atom stereocenters. The largest absolute Gasteiger partial charge is 0.326 e. The lowest BCUT2D eigenvalue weighted by Crippen LogP contribution is -2.54. The number of rotatable bonds is 2. The minimum absolute atomic E-state index is 0.107. The molecule has 4 amide bonds. The highest BCUT2D eigenvalue weighted by molar-refractivity contribution is 6.31. The summed E-state index contributed by atoms with van der Waals surface area (Å²) in [6.07, 6.45) is 0. The first-order valence-electron chi connectivity index (χ1n) is 9.92. The number of hydrogen-bond donors (Lipinski definition) is 2. The van der Waals surface area contributed by atoms with Gasteiger partial charge in [-0.15, -0.1) is 0 Å². The normalized spacial score (nSPS) is 15.1. The van der Waals surface area contributed by atoms with Crippen molar-refractivity contribution in [3.05, 3.63) is 82.3 Å². The molecule has 0 radical (unpaired) electrons. The average Bonchev–Trinajstić information content (AvgIpc) is 2.78. The number of anilines is 4. The van der Waals surface area contributed by atoms with Gasteiger partial charge in [0.05, 0.1) is 27.5 Å². The Hall–Kier alpha value is -3.36. The van der Waals surface area contributed by atoms with Crippen molar-refractivity contribution in [3.63, 3.8) is 0 Å². The molecular formula is C23H18Cl2F2N4O2. The number of hydrogen-bond acceptors (Lipinski definition) is 2. The molecule has 1 aliphatic heterocycles. The van der Waals surface area contributed by atoms with Gasteiger partial charge in [-0.05, 0) is 55.5 Å². The third-order valence-electron chi connectivity index (χ3n) is 5.13. The van der Waals surface area contributed by atoms with E-state index in [2.05, 4.69) is 10.6 Å². The van der Waals surface area contributed by atoms with Crippen LogP contribution in [-0.2, 0) is 0 Å². The summed E-state index contributed by atoms with van der Waals surface area (Å²) in [5.41, 5.74) is 1.69. The number of carbonyl (C=O) groups is 2. The van der Waals surface area contributed by atoms with Crippen LogP contribution in [0.5, 0.6) is 0 Å². The zero-order valence-electron chi connectivity index (χ0n) is 17.3. The molecule has 0 spiro atoms. The Morgan fingerprint density at radius 1 is 0.848 bits per heavy atom. The van der Waals surface area contributed by atoms with Crippen LogP contribution in [0.2, 0.25) is 10.0 Å². The predicted octanol–water partition coefficient (Wildman–Crippen LogP) is 6.75. The Balaban J connectivity index is 1.59. The minimum Gasteiger partial charge on any atom is -0.307 e. The molecule has 0 saturated carbocycles. The first-order valence-corrected chi connectivity index (χ1v) is 10.7. The Bertz CT molecular complexity index is 1240. The van der Waals surface area contributed by atoms with Gasteiger partial charge in [-0.1, -0.05) is 35.3 Å². The third kappa shape index (κ3) is 4.72. The number of para-hydroxylation sites is 2. The van der Waals surface area contributed by atoms with Crippen LogP contribution >= 0.6 is 23.2 Å². The van der Waals surface area contributed by atoms with E-state index in [0.29, 0.717) is 22.7 Å². The number of amides is 4. The SMILES string of the molecule is CC1CN(C(=O)Nc2ccc(F)c(Cl)c2)c2ccccc2N1C(=O)Nc1ccc(F)c(Cl)c1. The summed E-state index contributed by atoms with van der Waals surface area (Å²) in [7, 11) is 0. The van der Waals surface area contributed by atoms with Crippen molar-refractivity contribution in [2.24, 2.45) is 0 Å². The number of urea groups is 2. The summed E-state index contributed by atoms with van der Waals surface area (Å²) >= 11 is 11.6. The number of nitrogens with zero attached hydrogens (tertiary/aromatic N) is 2. The molecule has 0 aliphatic carbocycles. The standard InChI is InChI=1S/C23H18Cl2F2N4O2/c1-13-12-30(22(32)28-14-6-8-18(26)16(24)10-14)20-4-2-3-5-21(20)31(13)23(33)29-15-7-9-19(27)17(25)11-15/h2-11,13H,12H2,1H3,(H,28,32)(H,29,33). The number of halogens is 4. The first-order chi connectivity index (χ1) is 15.7. The highest BCUT2D eigenvalue weighted by Crippen LogP contribution is 2.36. The van der Waals surface area contributed by atoms with E-state index in [1.54, 1.807) is 31.2 Å². The molecule has 6 nitrogen and oxygen atoms in total. The molecule has 170 valence electrons. The van der Waals surface area contributed by atoms with Crippen LogP contribution in [0.25, 0.3) is 0 Å². The van der Waals surface area contributed by atoms with Gasteiger partial charge in [-0.2, -0.15) is 0 Å². The van der Waals surface area contributed by atoms with E-state index >= 15 is 0 Å². The maximum Gasteiger partial charge on any atom is 0.326 e. The first kappa shape index (κ1) is 22.8.